The molecule has 2 aliphatic heterocycles. The molecule has 0 atom stereocenters. The van der Waals surface area contributed by atoms with E-state index in [0.717, 1.165) is 16.3 Å². The first-order chi connectivity index (χ1) is 9.76. The van der Waals surface area contributed by atoms with Crippen LogP contribution in [0.15, 0.2) is 22.4 Å². The summed E-state index contributed by atoms with van der Waals surface area (Å²) in [6, 6.07) is 0. The fraction of sp³-hybridized carbons (Fsp3) is 0.600. The van der Waals surface area contributed by atoms with Gasteiger partial charge in [-0.1, -0.05) is 13.8 Å². The summed E-state index contributed by atoms with van der Waals surface area (Å²) in [6.07, 6.45) is 1.47. The highest BCUT2D eigenvalue weighted by Gasteiger charge is 2.46. The lowest BCUT2D eigenvalue weighted by Gasteiger charge is -2.23. The maximum Gasteiger partial charge on any atom is 0.337 e. The Hall–Kier alpha value is -1.43. The molecule has 116 valence electrons. The van der Waals surface area contributed by atoms with Gasteiger partial charge in [0.25, 0.3) is 0 Å². The van der Waals surface area contributed by atoms with Crippen LogP contribution >= 0.6 is 11.8 Å². The van der Waals surface area contributed by atoms with Gasteiger partial charge in [-0.15, -0.1) is 11.8 Å². The summed E-state index contributed by atoms with van der Waals surface area (Å²) >= 11 is 1.60. The van der Waals surface area contributed by atoms with Crippen LogP contribution in [0.3, 0.4) is 0 Å². The Morgan fingerprint density at radius 3 is 2.67 bits per heavy atom. The molecule has 0 aliphatic carbocycles. The van der Waals surface area contributed by atoms with E-state index in [0.29, 0.717) is 12.3 Å². The highest BCUT2D eigenvalue weighted by molar-refractivity contribution is 8.03. The van der Waals surface area contributed by atoms with Crippen molar-refractivity contribution >= 4 is 23.6 Å². The van der Waals surface area contributed by atoms with Gasteiger partial charge < -0.3 is 15.0 Å². The highest BCUT2D eigenvalue weighted by Crippen LogP contribution is 2.50. The predicted molar refractivity (Wildman–Crippen MR) is 83.3 cm³/mol. The van der Waals surface area contributed by atoms with Crippen molar-refractivity contribution in [3.63, 3.8) is 0 Å². The minimum Gasteiger partial charge on any atom is -0.460 e. The fourth-order valence-electron chi connectivity index (χ4n) is 2.55. The third-order valence-electron chi connectivity index (χ3n) is 3.48. The first kappa shape index (κ1) is 15.9. The Morgan fingerprint density at radius 2 is 2.10 bits per heavy atom. The van der Waals surface area contributed by atoms with E-state index in [9.17, 15) is 9.59 Å². The first-order valence-electron chi connectivity index (χ1n) is 7.04. The van der Waals surface area contributed by atoms with Crippen LogP contribution in [0.5, 0.6) is 0 Å². The molecule has 0 bridgehead atoms. The fourth-order valence-corrected chi connectivity index (χ4v) is 3.92. The van der Waals surface area contributed by atoms with E-state index >= 15 is 0 Å². The van der Waals surface area contributed by atoms with E-state index in [1.807, 2.05) is 27.7 Å². The quantitative estimate of drug-likeness (QED) is 0.637. The van der Waals surface area contributed by atoms with Crippen LogP contribution in [0.2, 0.25) is 0 Å². The molecule has 1 N–H and O–H groups in total. The molecule has 0 saturated carbocycles. The van der Waals surface area contributed by atoms with Crippen molar-refractivity contribution in [2.75, 3.05) is 19.3 Å². The zero-order chi connectivity index (χ0) is 15.8. The third-order valence-corrected chi connectivity index (χ3v) is 4.62. The Morgan fingerprint density at radius 1 is 1.43 bits per heavy atom. The maximum absolute atomic E-state index is 12.4. The molecule has 0 aromatic rings. The lowest BCUT2D eigenvalue weighted by Crippen LogP contribution is -2.28. The summed E-state index contributed by atoms with van der Waals surface area (Å²) in [7, 11) is 1.61. The summed E-state index contributed by atoms with van der Waals surface area (Å²) in [6.45, 7) is 8.46. The molecule has 2 aliphatic rings. The number of fused-ring (bicyclic) bond motifs is 1. The van der Waals surface area contributed by atoms with Gasteiger partial charge >= 0.3 is 5.97 Å². The number of esters is 1. The summed E-state index contributed by atoms with van der Waals surface area (Å²) < 4.78 is 5.38. The number of carbonyl (C=O) groups is 2. The second-order valence-corrected chi connectivity index (χ2v) is 7.11. The third kappa shape index (κ3) is 3.10. The summed E-state index contributed by atoms with van der Waals surface area (Å²) in [4.78, 5) is 26.0. The van der Waals surface area contributed by atoms with Crippen LogP contribution in [0.1, 0.15) is 27.7 Å². The number of nitrogens with zero attached hydrogens (tertiary/aromatic N) is 1. The Labute approximate surface area is 129 Å². The Kier molecular flexibility index (Phi) is 4.37. The van der Waals surface area contributed by atoms with Crippen LogP contribution in [0, 0.1) is 5.41 Å². The number of thioether (sulfide) groups is 1. The molecular weight excluding hydrogens is 288 g/mol. The average Bonchev–Trinajstić information content (AvgIpc) is 2.83. The molecule has 1 amide bonds. The SMILES string of the molecule is CNC(=O)C=C1CSC2=C(C(=O)OC(C)C)C(C)(C)CN12. The van der Waals surface area contributed by atoms with Crippen molar-refractivity contribution in [1.82, 2.24) is 10.2 Å². The van der Waals surface area contributed by atoms with Crippen molar-refractivity contribution in [3.8, 4) is 0 Å². The number of hydrogen-bond acceptors (Lipinski definition) is 5. The number of nitrogens with one attached hydrogen (secondary N) is 1. The van der Waals surface area contributed by atoms with E-state index in [1.165, 1.54) is 0 Å². The number of amides is 1. The molecule has 6 heteroatoms. The molecule has 0 aromatic heterocycles. The minimum atomic E-state index is -0.281. The zero-order valence-corrected chi connectivity index (χ0v) is 14.0. The van der Waals surface area contributed by atoms with E-state index < -0.39 is 0 Å². The van der Waals surface area contributed by atoms with Crippen LogP contribution in [-0.2, 0) is 14.3 Å². The topological polar surface area (TPSA) is 58.6 Å². The van der Waals surface area contributed by atoms with Gasteiger partial charge in [-0.3, -0.25) is 4.79 Å². The van der Waals surface area contributed by atoms with Crippen molar-refractivity contribution in [1.29, 1.82) is 0 Å². The predicted octanol–water partition coefficient (Wildman–Crippen LogP) is 1.87. The molecule has 0 spiro atoms. The molecule has 5 nitrogen and oxygen atoms in total. The van der Waals surface area contributed by atoms with Crippen molar-refractivity contribution in [3.05, 3.63) is 22.4 Å². The normalized spacial score (nSPS) is 22.0. The van der Waals surface area contributed by atoms with E-state index in [4.69, 9.17) is 4.74 Å². The first-order valence-corrected chi connectivity index (χ1v) is 8.03. The van der Waals surface area contributed by atoms with Gasteiger partial charge in [-0.2, -0.15) is 0 Å². The minimum absolute atomic E-state index is 0.122. The number of hydrogen-bond donors (Lipinski definition) is 1. The van der Waals surface area contributed by atoms with Crippen molar-refractivity contribution in [2.45, 2.75) is 33.8 Å². The molecule has 0 aromatic carbocycles. The molecule has 2 heterocycles. The van der Waals surface area contributed by atoms with Crippen LogP contribution in [-0.4, -0.2) is 42.2 Å². The van der Waals surface area contributed by atoms with Gasteiger partial charge in [-0.05, 0) is 13.8 Å². The summed E-state index contributed by atoms with van der Waals surface area (Å²) in [5.74, 6) is 0.334. The molecular formula is C15H22N2O3S. The molecule has 1 fully saturated rings. The van der Waals surface area contributed by atoms with Gasteiger partial charge in [0.15, 0.2) is 0 Å². The monoisotopic (exact) mass is 310 g/mol. The van der Waals surface area contributed by atoms with Crippen LogP contribution in [0.4, 0.5) is 0 Å². The Bertz CT molecular complexity index is 535. The van der Waals surface area contributed by atoms with Crippen LogP contribution in [0.25, 0.3) is 0 Å². The Balaban J connectivity index is 2.34. The molecule has 1 saturated heterocycles. The van der Waals surface area contributed by atoms with Gasteiger partial charge in [0.1, 0.15) is 0 Å². The lowest BCUT2D eigenvalue weighted by molar-refractivity contribution is -0.143. The molecule has 0 radical (unpaired) electrons. The van der Waals surface area contributed by atoms with Gasteiger partial charge in [-0.25, -0.2) is 4.79 Å². The van der Waals surface area contributed by atoms with E-state index in [1.54, 1.807) is 24.9 Å². The largest absolute Gasteiger partial charge is 0.460 e. The second kappa shape index (κ2) is 5.75. The van der Waals surface area contributed by atoms with E-state index in [2.05, 4.69) is 10.2 Å². The second-order valence-electron chi connectivity index (χ2n) is 6.14. The van der Waals surface area contributed by atoms with Crippen LogP contribution < -0.4 is 5.32 Å². The lowest BCUT2D eigenvalue weighted by atomic mass is 9.87. The van der Waals surface area contributed by atoms with E-state index in [-0.39, 0.29) is 23.4 Å². The number of carbonyl (C=O) groups excluding carboxylic acids is 2. The molecule has 21 heavy (non-hydrogen) atoms. The molecule has 2 rings (SSSR count). The van der Waals surface area contributed by atoms with Gasteiger partial charge in [0.05, 0.1) is 16.7 Å². The highest BCUT2D eigenvalue weighted by atomic mass is 32.2. The van der Waals surface area contributed by atoms with Gasteiger partial charge in [0, 0.05) is 36.5 Å². The standard InChI is InChI=1S/C15H22N2O3S/c1-9(2)20-14(19)12-13-17(8-15(12,3)4)10(7-21-13)6-11(18)16-5/h6,9H,7-8H2,1-5H3,(H,16,18). The van der Waals surface area contributed by atoms with Crippen molar-refractivity contribution < 1.29 is 14.3 Å². The number of rotatable bonds is 3. The zero-order valence-electron chi connectivity index (χ0n) is 13.1. The maximum atomic E-state index is 12.4. The number of ether oxygens (including phenoxy) is 1. The smallest absolute Gasteiger partial charge is 0.337 e. The summed E-state index contributed by atoms with van der Waals surface area (Å²) in [5, 5.41) is 3.52. The molecule has 0 unspecified atom stereocenters. The van der Waals surface area contributed by atoms with Crippen molar-refractivity contribution in [2.24, 2.45) is 5.41 Å². The average molecular weight is 310 g/mol. The summed E-state index contributed by atoms with van der Waals surface area (Å²) in [5.41, 5.74) is 1.38. The number of likely N-dealkylation sites (N-methyl/N-ethyl adjacent to an activating group) is 1. The van der Waals surface area contributed by atoms with Gasteiger partial charge in [0.2, 0.25) is 5.91 Å².